The summed E-state index contributed by atoms with van der Waals surface area (Å²) in [6.07, 6.45) is 3.02. The van der Waals surface area contributed by atoms with E-state index in [1.165, 1.54) is 6.42 Å². The summed E-state index contributed by atoms with van der Waals surface area (Å²) < 4.78 is 11.3. The molecule has 114 valence electrons. The van der Waals surface area contributed by atoms with E-state index in [1.807, 2.05) is 0 Å². The summed E-state index contributed by atoms with van der Waals surface area (Å²) in [5.41, 5.74) is 0. The Morgan fingerprint density at radius 2 is 1.89 bits per heavy atom. The quantitative estimate of drug-likeness (QED) is 0.736. The summed E-state index contributed by atoms with van der Waals surface area (Å²) in [6, 6.07) is 0.532. The zero-order valence-electron chi connectivity index (χ0n) is 13.6. The van der Waals surface area contributed by atoms with E-state index in [-0.39, 0.29) is 0 Å². The van der Waals surface area contributed by atoms with Crippen molar-refractivity contribution < 1.29 is 9.47 Å². The summed E-state index contributed by atoms with van der Waals surface area (Å²) in [5, 5.41) is 3.77. The second-order valence-corrected chi connectivity index (χ2v) is 6.22. The molecular weight excluding hydrogens is 238 g/mol. The standard InChI is InChI=1S/C16H33NO2/c1-7-9-17-16(11(2)8-10-18-6)15-12(3)13(4)19-14(15)5/h11-17H,7-10H2,1-6H3. The first kappa shape index (κ1) is 16.9. The van der Waals surface area contributed by atoms with Gasteiger partial charge in [0.15, 0.2) is 0 Å². The number of hydrogen-bond acceptors (Lipinski definition) is 3. The Hall–Kier alpha value is -0.120. The Bertz CT molecular complexity index is 247. The third kappa shape index (κ3) is 4.44. The summed E-state index contributed by atoms with van der Waals surface area (Å²) in [5.74, 6) is 1.85. The van der Waals surface area contributed by atoms with Gasteiger partial charge in [0.1, 0.15) is 0 Å². The van der Waals surface area contributed by atoms with Gasteiger partial charge in [-0.2, -0.15) is 0 Å². The minimum Gasteiger partial charge on any atom is -0.385 e. The van der Waals surface area contributed by atoms with Crippen LogP contribution in [0.25, 0.3) is 0 Å². The topological polar surface area (TPSA) is 30.5 Å². The van der Waals surface area contributed by atoms with Crippen LogP contribution in [0.3, 0.4) is 0 Å². The van der Waals surface area contributed by atoms with Gasteiger partial charge in [0, 0.05) is 25.7 Å². The van der Waals surface area contributed by atoms with Crippen LogP contribution in [-0.2, 0) is 9.47 Å². The van der Waals surface area contributed by atoms with Crippen molar-refractivity contribution in [3.05, 3.63) is 0 Å². The maximum absolute atomic E-state index is 6.03. The molecule has 0 aliphatic carbocycles. The second-order valence-electron chi connectivity index (χ2n) is 6.22. The van der Waals surface area contributed by atoms with Gasteiger partial charge in [0.2, 0.25) is 0 Å². The minimum atomic E-state index is 0.351. The predicted molar refractivity (Wildman–Crippen MR) is 80.4 cm³/mol. The molecule has 0 aromatic rings. The molecule has 0 spiro atoms. The Kier molecular flexibility index (Phi) is 7.33. The number of nitrogens with one attached hydrogen (secondary N) is 1. The largest absolute Gasteiger partial charge is 0.385 e. The van der Waals surface area contributed by atoms with Gasteiger partial charge < -0.3 is 14.8 Å². The molecule has 1 aliphatic heterocycles. The van der Waals surface area contributed by atoms with Crippen molar-refractivity contribution in [2.24, 2.45) is 17.8 Å². The van der Waals surface area contributed by atoms with Gasteiger partial charge >= 0.3 is 0 Å². The van der Waals surface area contributed by atoms with Crippen LogP contribution in [0.4, 0.5) is 0 Å². The van der Waals surface area contributed by atoms with Crippen molar-refractivity contribution in [2.75, 3.05) is 20.3 Å². The molecule has 0 bridgehead atoms. The average molecular weight is 271 g/mol. The highest BCUT2D eigenvalue weighted by atomic mass is 16.5. The van der Waals surface area contributed by atoms with Gasteiger partial charge in [0.05, 0.1) is 12.2 Å². The third-order valence-electron chi connectivity index (χ3n) is 4.75. The molecule has 1 N–H and O–H groups in total. The molecule has 1 aliphatic rings. The molecule has 0 aromatic heterocycles. The van der Waals surface area contributed by atoms with E-state index in [9.17, 15) is 0 Å². The molecule has 0 aromatic carbocycles. The Balaban J connectivity index is 2.71. The molecule has 19 heavy (non-hydrogen) atoms. The van der Waals surface area contributed by atoms with Crippen LogP contribution >= 0.6 is 0 Å². The first-order chi connectivity index (χ1) is 9.02. The van der Waals surface area contributed by atoms with E-state index in [0.717, 1.165) is 19.6 Å². The van der Waals surface area contributed by atoms with Crippen LogP contribution in [0.1, 0.15) is 47.5 Å². The van der Waals surface area contributed by atoms with E-state index in [4.69, 9.17) is 9.47 Å². The van der Waals surface area contributed by atoms with E-state index < -0.39 is 0 Å². The lowest BCUT2D eigenvalue weighted by Gasteiger charge is -2.34. The SMILES string of the molecule is CCCNC(C(C)CCOC)C1C(C)OC(C)C1C. The fourth-order valence-corrected chi connectivity index (χ4v) is 3.42. The van der Waals surface area contributed by atoms with Crippen molar-refractivity contribution in [2.45, 2.75) is 65.7 Å². The first-order valence-electron chi connectivity index (χ1n) is 7.90. The molecule has 6 atom stereocenters. The normalized spacial score (nSPS) is 34.4. The highest BCUT2D eigenvalue weighted by molar-refractivity contribution is 4.93. The molecule has 3 nitrogen and oxygen atoms in total. The zero-order chi connectivity index (χ0) is 14.4. The monoisotopic (exact) mass is 271 g/mol. The molecule has 0 radical (unpaired) electrons. The molecule has 1 rings (SSSR count). The van der Waals surface area contributed by atoms with Gasteiger partial charge in [0.25, 0.3) is 0 Å². The summed E-state index contributed by atoms with van der Waals surface area (Å²) >= 11 is 0. The van der Waals surface area contributed by atoms with E-state index in [1.54, 1.807) is 7.11 Å². The van der Waals surface area contributed by atoms with E-state index >= 15 is 0 Å². The minimum absolute atomic E-state index is 0.351. The van der Waals surface area contributed by atoms with Crippen molar-refractivity contribution in [1.82, 2.24) is 5.32 Å². The van der Waals surface area contributed by atoms with Crippen LogP contribution in [0.2, 0.25) is 0 Å². The van der Waals surface area contributed by atoms with Crippen LogP contribution in [0.5, 0.6) is 0 Å². The number of rotatable bonds is 8. The number of ether oxygens (including phenoxy) is 2. The molecule has 1 heterocycles. The van der Waals surface area contributed by atoms with Crippen molar-refractivity contribution in [3.8, 4) is 0 Å². The van der Waals surface area contributed by atoms with Crippen molar-refractivity contribution >= 4 is 0 Å². The maximum atomic E-state index is 6.03. The smallest absolute Gasteiger partial charge is 0.0597 e. The lowest BCUT2D eigenvalue weighted by atomic mass is 9.77. The molecular formula is C16H33NO2. The highest BCUT2D eigenvalue weighted by Gasteiger charge is 2.42. The van der Waals surface area contributed by atoms with Gasteiger partial charge in [-0.15, -0.1) is 0 Å². The summed E-state index contributed by atoms with van der Waals surface area (Å²) in [6.45, 7) is 13.3. The maximum Gasteiger partial charge on any atom is 0.0597 e. The average Bonchev–Trinajstić information content (AvgIpc) is 2.63. The molecule has 0 amide bonds. The highest BCUT2D eigenvalue weighted by Crippen LogP contribution is 2.37. The second kappa shape index (κ2) is 8.23. The fourth-order valence-electron chi connectivity index (χ4n) is 3.42. The van der Waals surface area contributed by atoms with E-state index in [0.29, 0.717) is 36.0 Å². The Labute approximate surface area is 119 Å². The van der Waals surface area contributed by atoms with Gasteiger partial charge in [-0.05, 0) is 45.1 Å². The summed E-state index contributed by atoms with van der Waals surface area (Å²) in [4.78, 5) is 0. The van der Waals surface area contributed by atoms with Crippen LogP contribution < -0.4 is 5.32 Å². The van der Waals surface area contributed by atoms with Crippen LogP contribution in [0, 0.1) is 17.8 Å². The molecule has 1 saturated heterocycles. The van der Waals surface area contributed by atoms with Gasteiger partial charge in [-0.1, -0.05) is 20.8 Å². The molecule has 0 saturated carbocycles. The van der Waals surface area contributed by atoms with Crippen LogP contribution in [-0.4, -0.2) is 38.5 Å². The number of methoxy groups -OCH3 is 1. The Morgan fingerprint density at radius 1 is 1.21 bits per heavy atom. The Morgan fingerprint density at radius 3 is 2.37 bits per heavy atom. The van der Waals surface area contributed by atoms with E-state index in [2.05, 4.69) is 39.9 Å². The zero-order valence-corrected chi connectivity index (χ0v) is 13.6. The molecule has 3 heteroatoms. The fraction of sp³-hybridized carbons (Fsp3) is 1.00. The van der Waals surface area contributed by atoms with Gasteiger partial charge in [-0.25, -0.2) is 0 Å². The first-order valence-corrected chi connectivity index (χ1v) is 7.90. The van der Waals surface area contributed by atoms with Crippen molar-refractivity contribution in [3.63, 3.8) is 0 Å². The molecule has 6 unspecified atom stereocenters. The van der Waals surface area contributed by atoms with Gasteiger partial charge in [-0.3, -0.25) is 0 Å². The summed E-state index contributed by atoms with van der Waals surface area (Å²) in [7, 11) is 1.78. The lowest BCUT2D eigenvalue weighted by molar-refractivity contribution is 0.0435. The predicted octanol–water partition coefficient (Wildman–Crippen LogP) is 3.09. The van der Waals surface area contributed by atoms with Crippen LogP contribution in [0.15, 0.2) is 0 Å². The number of hydrogen-bond donors (Lipinski definition) is 1. The van der Waals surface area contributed by atoms with Crippen molar-refractivity contribution in [1.29, 1.82) is 0 Å². The lowest BCUT2D eigenvalue weighted by Crippen LogP contribution is -2.46. The third-order valence-corrected chi connectivity index (χ3v) is 4.75. The molecule has 1 fully saturated rings.